The van der Waals surface area contributed by atoms with E-state index in [9.17, 15) is 14.4 Å². The number of carbonyl (C=O) groups excluding carboxylic acids is 3. The number of nitrogens with one attached hydrogen (secondary N) is 1. The normalized spacial score (nSPS) is 21.5. The van der Waals surface area contributed by atoms with Crippen LogP contribution in [0, 0.1) is 12.8 Å². The highest BCUT2D eigenvalue weighted by molar-refractivity contribution is 6.02. The second-order valence-electron chi connectivity index (χ2n) is 10.7. The van der Waals surface area contributed by atoms with E-state index in [1.807, 2.05) is 31.2 Å². The number of nitrogens with zero attached hydrogens (tertiary/aromatic N) is 2. The number of amides is 2. The molecular weight excluding hydrogens is 546 g/mol. The van der Waals surface area contributed by atoms with Gasteiger partial charge in [-0.15, -0.1) is 0 Å². The number of carbonyl (C=O) groups is 3. The fraction of sp³-hybridized carbons (Fsp3) is 0.500. The summed E-state index contributed by atoms with van der Waals surface area (Å²) in [4.78, 5) is 41.5. The van der Waals surface area contributed by atoms with E-state index < -0.39 is 5.97 Å². The van der Waals surface area contributed by atoms with Gasteiger partial charge in [-0.3, -0.25) is 9.59 Å². The van der Waals surface area contributed by atoms with Gasteiger partial charge >= 0.3 is 5.97 Å². The Morgan fingerprint density at radius 2 is 1.68 bits per heavy atom. The van der Waals surface area contributed by atoms with Gasteiger partial charge in [0.1, 0.15) is 6.54 Å². The molecule has 2 saturated heterocycles. The van der Waals surface area contributed by atoms with Crippen molar-refractivity contribution in [2.75, 3.05) is 45.2 Å². The number of aryl methyl sites for hydroxylation is 1. The first-order chi connectivity index (χ1) is 17.9. The Bertz CT molecular complexity index is 1100. The van der Waals surface area contributed by atoms with Crippen molar-refractivity contribution in [3.63, 3.8) is 0 Å². The molecule has 2 aromatic carbocycles. The first-order valence-corrected chi connectivity index (χ1v) is 13.6. The van der Waals surface area contributed by atoms with Gasteiger partial charge in [-0.25, -0.2) is 4.79 Å². The SMILES string of the molecule is COC(=O)c1cccc(C)c1NC(=O)C[N+]1(Cc2ccccc2)CCCC(C(=O)N2CCCCCC2)C1.[Br-]. The fourth-order valence-corrected chi connectivity index (χ4v) is 5.99. The van der Waals surface area contributed by atoms with Crippen molar-refractivity contribution in [1.29, 1.82) is 0 Å². The van der Waals surface area contributed by atoms with Crippen LogP contribution in [0.3, 0.4) is 0 Å². The molecule has 206 valence electrons. The van der Waals surface area contributed by atoms with Crippen LogP contribution in [-0.4, -0.2) is 67.0 Å². The predicted octanol–water partition coefficient (Wildman–Crippen LogP) is 1.55. The molecule has 0 bridgehead atoms. The topological polar surface area (TPSA) is 75.7 Å². The van der Waals surface area contributed by atoms with E-state index in [4.69, 9.17) is 4.74 Å². The van der Waals surface area contributed by atoms with E-state index in [0.29, 0.717) is 28.8 Å². The smallest absolute Gasteiger partial charge is 0.339 e. The lowest BCUT2D eigenvalue weighted by Gasteiger charge is -2.44. The lowest BCUT2D eigenvalue weighted by Crippen LogP contribution is -3.00. The minimum absolute atomic E-state index is 0. The molecule has 8 heteroatoms. The molecule has 0 saturated carbocycles. The van der Waals surface area contributed by atoms with Crippen molar-refractivity contribution >= 4 is 23.5 Å². The maximum Gasteiger partial charge on any atom is 0.339 e. The Morgan fingerprint density at radius 3 is 2.37 bits per heavy atom. The fourth-order valence-electron chi connectivity index (χ4n) is 5.99. The van der Waals surface area contributed by atoms with Gasteiger partial charge in [0.25, 0.3) is 5.91 Å². The Balaban J connectivity index is 0.00000400. The molecule has 4 rings (SSSR count). The second-order valence-corrected chi connectivity index (χ2v) is 10.7. The van der Waals surface area contributed by atoms with Crippen LogP contribution < -0.4 is 22.3 Å². The lowest BCUT2D eigenvalue weighted by atomic mass is 9.93. The zero-order chi connectivity index (χ0) is 26.3. The number of methoxy groups -OCH3 is 1. The van der Waals surface area contributed by atoms with E-state index in [1.165, 1.54) is 20.0 Å². The summed E-state index contributed by atoms with van der Waals surface area (Å²) < 4.78 is 5.46. The summed E-state index contributed by atoms with van der Waals surface area (Å²) in [5.74, 6) is -0.455. The first kappa shape index (κ1) is 29.8. The van der Waals surface area contributed by atoms with E-state index in [-0.39, 0.29) is 41.3 Å². The number of hydrogen-bond donors (Lipinski definition) is 1. The monoisotopic (exact) mass is 585 g/mol. The largest absolute Gasteiger partial charge is 1.00 e. The third kappa shape index (κ3) is 7.44. The Labute approximate surface area is 236 Å². The van der Waals surface area contributed by atoms with Crippen LogP contribution in [0.1, 0.15) is 60.0 Å². The highest BCUT2D eigenvalue weighted by Gasteiger charge is 2.41. The predicted molar refractivity (Wildman–Crippen MR) is 144 cm³/mol. The summed E-state index contributed by atoms with van der Waals surface area (Å²) in [6.07, 6.45) is 6.30. The highest BCUT2D eigenvalue weighted by atomic mass is 79.9. The number of hydrogen-bond acceptors (Lipinski definition) is 4. The molecule has 0 spiro atoms. The van der Waals surface area contributed by atoms with E-state index in [0.717, 1.165) is 56.4 Å². The van der Waals surface area contributed by atoms with Crippen LogP contribution in [0.2, 0.25) is 0 Å². The minimum Gasteiger partial charge on any atom is -1.00 e. The minimum atomic E-state index is -0.478. The molecule has 2 unspecified atom stereocenters. The average Bonchev–Trinajstić information content (AvgIpc) is 3.19. The van der Waals surface area contributed by atoms with Crippen molar-refractivity contribution in [3.05, 3.63) is 65.2 Å². The summed E-state index contributed by atoms with van der Waals surface area (Å²) in [7, 11) is 1.34. The third-order valence-corrected chi connectivity index (χ3v) is 7.84. The van der Waals surface area contributed by atoms with Gasteiger partial charge in [-0.05, 0) is 44.2 Å². The van der Waals surface area contributed by atoms with Gasteiger partial charge in [0.2, 0.25) is 5.91 Å². The zero-order valence-electron chi connectivity index (χ0n) is 22.6. The van der Waals surface area contributed by atoms with Crippen LogP contribution in [0.25, 0.3) is 0 Å². The molecule has 2 amide bonds. The van der Waals surface area contributed by atoms with Gasteiger partial charge in [-0.1, -0.05) is 55.3 Å². The van der Waals surface area contributed by atoms with Crippen molar-refractivity contribution in [3.8, 4) is 0 Å². The molecule has 2 aromatic rings. The average molecular weight is 587 g/mol. The molecule has 1 N–H and O–H groups in total. The van der Waals surface area contributed by atoms with Crippen LogP contribution in [0.4, 0.5) is 5.69 Å². The molecule has 0 aromatic heterocycles. The number of quaternary nitrogens is 1. The summed E-state index contributed by atoms with van der Waals surface area (Å²) in [5.41, 5.74) is 2.80. The molecular formula is C30H40BrN3O4. The molecule has 2 fully saturated rings. The van der Waals surface area contributed by atoms with Crippen LogP contribution >= 0.6 is 0 Å². The summed E-state index contributed by atoms with van der Waals surface area (Å²) >= 11 is 0. The molecule has 0 aliphatic carbocycles. The van der Waals surface area contributed by atoms with Gasteiger partial charge in [0.05, 0.1) is 37.4 Å². The van der Waals surface area contributed by atoms with E-state index in [2.05, 4.69) is 22.3 Å². The number of halogens is 1. The van der Waals surface area contributed by atoms with Gasteiger partial charge in [0.15, 0.2) is 6.54 Å². The standard InChI is InChI=1S/C30H39N3O4.BrH/c1-23-12-10-16-26(30(36)37-2)28(23)31-27(34)22-33(20-24-13-6-5-7-14-24)19-11-15-25(21-33)29(35)32-17-8-3-4-9-18-32;/h5-7,10,12-14,16,25H,3-4,8-9,11,15,17-22H2,1-2H3;1H. The lowest BCUT2D eigenvalue weighted by molar-refractivity contribution is -0.940. The Morgan fingerprint density at radius 1 is 0.974 bits per heavy atom. The number of para-hydroxylation sites is 1. The van der Waals surface area contributed by atoms with Crippen molar-refractivity contribution in [2.45, 2.75) is 52.0 Å². The highest BCUT2D eigenvalue weighted by Crippen LogP contribution is 2.29. The molecule has 2 atom stereocenters. The maximum atomic E-state index is 13.6. The Hall–Kier alpha value is -2.71. The number of ether oxygens (including phenoxy) is 1. The molecule has 38 heavy (non-hydrogen) atoms. The van der Waals surface area contributed by atoms with Crippen molar-refractivity contribution < 1.29 is 40.6 Å². The van der Waals surface area contributed by atoms with Gasteiger partial charge in [0, 0.05) is 18.7 Å². The van der Waals surface area contributed by atoms with Crippen molar-refractivity contribution in [2.24, 2.45) is 5.92 Å². The first-order valence-electron chi connectivity index (χ1n) is 13.6. The number of esters is 1. The molecule has 2 aliphatic rings. The van der Waals surface area contributed by atoms with Crippen LogP contribution in [-0.2, 0) is 20.9 Å². The Kier molecular flexibility index (Phi) is 10.9. The second kappa shape index (κ2) is 13.9. The van der Waals surface area contributed by atoms with Gasteiger partial charge in [-0.2, -0.15) is 0 Å². The molecule has 2 heterocycles. The van der Waals surface area contributed by atoms with Gasteiger partial charge < -0.3 is 36.4 Å². The third-order valence-electron chi connectivity index (χ3n) is 7.84. The zero-order valence-corrected chi connectivity index (χ0v) is 24.2. The van der Waals surface area contributed by atoms with Crippen LogP contribution in [0.5, 0.6) is 0 Å². The summed E-state index contributed by atoms with van der Waals surface area (Å²) in [6, 6.07) is 15.5. The molecule has 7 nitrogen and oxygen atoms in total. The number of anilines is 1. The molecule has 0 radical (unpaired) electrons. The number of likely N-dealkylation sites (tertiary alicyclic amines) is 2. The van der Waals surface area contributed by atoms with Crippen LogP contribution in [0.15, 0.2) is 48.5 Å². The van der Waals surface area contributed by atoms with Crippen molar-refractivity contribution in [1.82, 2.24) is 4.90 Å². The quantitative estimate of drug-likeness (QED) is 0.395. The summed E-state index contributed by atoms with van der Waals surface area (Å²) in [6.45, 7) is 5.98. The van der Waals surface area contributed by atoms with E-state index >= 15 is 0 Å². The van der Waals surface area contributed by atoms with E-state index in [1.54, 1.807) is 12.1 Å². The number of benzene rings is 2. The number of piperidine rings is 1. The molecule has 2 aliphatic heterocycles. The number of rotatable bonds is 7. The maximum absolute atomic E-state index is 13.6. The summed E-state index contributed by atoms with van der Waals surface area (Å²) in [5, 5.41) is 3.02.